The molecular formula is C16H13N3O3. The standard InChI is InChI=1S/C16H13N3O3/c1-19-8-12(11-3-2-6-17-15(11)19)16(20)18-10-4-5-13-14(7-10)22-9-21-13/h2-8H,9H2,1H3,(H,18,20). The Kier molecular flexibility index (Phi) is 2.75. The first kappa shape index (κ1) is 12.7. The van der Waals surface area contributed by atoms with Gasteiger partial charge in [-0.15, -0.1) is 0 Å². The zero-order valence-electron chi connectivity index (χ0n) is 11.9. The van der Waals surface area contributed by atoms with E-state index in [2.05, 4.69) is 10.3 Å². The second-order valence-corrected chi connectivity index (χ2v) is 5.05. The lowest BCUT2D eigenvalue weighted by molar-refractivity contribution is 0.102. The van der Waals surface area contributed by atoms with Crippen LogP contribution in [0.15, 0.2) is 42.7 Å². The fourth-order valence-corrected chi connectivity index (χ4v) is 2.57. The molecule has 4 rings (SSSR count). The Balaban J connectivity index is 1.66. The number of pyridine rings is 1. The Morgan fingerprint density at radius 2 is 2.14 bits per heavy atom. The van der Waals surface area contributed by atoms with Crippen LogP contribution in [0.2, 0.25) is 0 Å². The van der Waals surface area contributed by atoms with E-state index in [9.17, 15) is 4.79 Å². The number of nitrogens with one attached hydrogen (secondary N) is 1. The first-order chi connectivity index (χ1) is 10.7. The van der Waals surface area contributed by atoms with Crippen molar-refractivity contribution in [2.24, 2.45) is 7.05 Å². The quantitative estimate of drug-likeness (QED) is 0.789. The summed E-state index contributed by atoms with van der Waals surface area (Å²) in [5, 5.41) is 3.70. The SMILES string of the molecule is Cn1cc(C(=O)Nc2ccc3c(c2)OCO3)c2cccnc21. The highest BCUT2D eigenvalue weighted by atomic mass is 16.7. The molecule has 0 aliphatic carbocycles. The first-order valence-corrected chi connectivity index (χ1v) is 6.83. The first-order valence-electron chi connectivity index (χ1n) is 6.83. The molecule has 1 aliphatic rings. The minimum atomic E-state index is -0.183. The van der Waals surface area contributed by atoms with Crippen molar-refractivity contribution in [3.63, 3.8) is 0 Å². The van der Waals surface area contributed by atoms with Gasteiger partial charge in [-0.1, -0.05) is 0 Å². The van der Waals surface area contributed by atoms with Crippen LogP contribution in [0.5, 0.6) is 11.5 Å². The number of benzene rings is 1. The van der Waals surface area contributed by atoms with Crippen LogP contribution in [0, 0.1) is 0 Å². The molecule has 0 unspecified atom stereocenters. The normalized spacial score (nSPS) is 12.6. The number of carbonyl (C=O) groups is 1. The molecule has 6 heteroatoms. The summed E-state index contributed by atoms with van der Waals surface area (Å²) < 4.78 is 12.4. The average Bonchev–Trinajstić information content (AvgIpc) is 3.12. The van der Waals surface area contributed by atoms with Gasteiger partial charge in [0.15, 0.2) is 11.5 Å². The highest BCUT2D eigenvalue weighted by Gasteiger charge is 2.17. The smallest absolute Gasteiger partial charge is 0.257 e. The van der Waals surface area contributed by atoms with Crippen molar-refractivity contribution in [2.75, 3.05) is 12.1 Å². The molecule has 1 aliphatic heterocycles. The molecule has 0 saturated heterocycles. The predicted octanol–water partition coefficient (Wildman–Crippen LogP) is 2.55. The molecule has 0 saturated carbocycles. The number of ether oxygens (including phenoxy) is 2. The summed E-state index contributed by atoms with van der Waals surface area (Å²) in [5.41, 5.74) is 2.02. The van der Waals surface area contributed by atoms with E-state index in [0.717, 1.165) is 11.0 Å². The molecule has 110 valence electrons. The van der Waals surface area contributed by atoms with Crippen molar-refractivity contribution in [2.45, 2.75) is 0 Å². The highest BCUT2D eigenvalue weighted by Crippen LogP contribution is 2.34. The van der Waals surface area contributed by atoms with E-state index in [-0.39, 0.29) is 12.7 Å². The summed E-state index contributed by atoms with van der Waals surface area (Å²) in [6.07, 6.45) is 3.49. The molecular weight excluding hydrogens is 282 g/mol. The number of aryl methyl sites for hydroxylation is 1. The number of rotatable bonds is 2. The summed E-state index contributed by atoms with van der Waals surface area (Å²) in [7, 11) is 1.87. The number of hydrogen-bond acceptors (Lipinski definition) is 4. The molecule has 2 aromatic heterocycles. The summed E-state index contributed by atoms with van der Waals surface area (Å²) in [4.78, 5) is 16.8. The van der Waals surface area contributed by atoms with Gasteiger partial charge in [-0.3, -0.25) is 4.79 Å². The van der Waals surface area contributed by atoms with Gasteiger partial charge in [0.1, 0.15) is 5.65 Å². The number of amides is 1. The third kappa shape index (κ3) is 1.96. The number of aromatic nitrogens is 2. The number of carbonyl (C=O) groups excluding carboxylic acids is 1. The van der Waals surface area contributed by atoms with E-state index < -0.39 is 0 Å². The van der Waals surface area contributed by atoms with E-state index in [1.807, 2.05) is 23.7 Å². The molecule has 3 aromatic rings. The zero-order chi connectivity index (χ0) is 15.1. The Hall–Kier alpha value is -3.02. The average molecular weight is 295 g/mol. The fourth-order valence-electron chi connectivity index (χ4n) is 2.57. The van der Waals surface area contributed by atoms with E-state index in [4.69, 9.17) is 9.47 Å². The maximum Gasteiger partial charge on any atom is 0.257 e. The van der Waals surface area contributed by atoms with Gasteiger partial charge in [-0.25, -0.2) is 4.98 Å². The predicted molar refractivity (Wildman–Crippen MR) is 81.2 cm³/mol. The summed E-state index contributed by atoms with van der Waals surface area (Å²) in [6, 6.07) is 9.03. The minimum Gasteiger partial charge on any atom is -0.454 e. The molecule has 1 aromatic carbocycles. The maximum atomic E-state index is 12.5. The van der Waals surface area contributed by atoms with Gasteiger partial charge in [0, 0.05) is 36.6 Å². The van der Waals surface area contributed by atoms with Gasteiger partial charge >= 0.3 is 0 Å². The summed E-state index contributed by atoms with van der Waals surface area (Å²) in [6.45, 7) is 0.210. The minimum absolute atomic E-state index is 0.183. The van der Waals surface area contributed by atoms with Crippen LogP contribution >= 0.6 is 0 Å². The summed E-state index contributed by atoms with van der Waals surface area (Å²) >= 11 is 0. The Morgan fingerprint density at radius 1 is 1.27 bits per heavy atom. The second-order valence-electron chi connectivity index (χ2n) is 5.05. The third-order valence-corrected chi connectivity index (χ3v) is 3.61. The molecule has 0 bridgehead atoms. The van der Waals surface area contributed by atoms with Gasteiger partial charge in [0.2, 0.25) is 6.79 Å². The molecule has 22 heavy (non-hydrogen) atoms. The Bertz CT molecular complexity index is 885. The van der Waals surface area contributed by atoms with Crippen molar-refractivity contribution in [1.82, 2.24) is 9.55 Å². The van der Waals surface area contributed by atoms with Crippen molar-refractivity contribution in [3.8, 4) is 11.5 Å². The molecule has 0 radical (unpaired) electrons. The van der Waals surface area contributed by atoms with Crippen molar-refractivity contribution in [1.29, 1.82) is 0 Å². The van der Waals surface area contributed by atoms with Crippen molar-refractivity contribution >= 4 is 22.6 Å². The van der Waals surface area contributed by atoms with Gasteiger partial charge in [-0.05, 0) is 24.3 Å². The van der Waals surface area contributed by atoms with Crippen LogP contribution in [0.4, 0.5) is 5.69 Å². The number of hydrogen-bond donors (Lipinski definition) is 1. The van der Waals surface area contributed by atoms with Gasteiger partial charge in [-0.2, -0.15) is 0 Å². The van der Waals surface area contributed by atoms with E-state index in [1.54, 1.807) is 30.6 Å². The number of fused-ring (bicyclic) bond motifs is 2. The lowest BCUT2D eigenvalue weighted by Gasteiger charge is -2.05. The molecule has 6 nitrogen and oxygen atoms in total. The second kappa shape index (κ2) is 4.77. The largest absolute Gasteiger partial charge is 0.454 e. The van der Waals surface area contributed by atoms with Gasteiger partial charge in [0.25, 0.3) is 5.91 Å². The zero-order valence-corrected chi connectivity index (χ0v) is 11.9. The van der Waals surface area contributed by atoms with Crippen LogP contribution in [-0.4, -0.2) is 22.3 Å². The van der Waals surface area contributed by atoms with E-state index >= 15 is 0 Å². The summed E-state index contributed by atoms with van der Waals surface area (Å²) in [5.74, 6) is 1.14. The molecule has 1 amide bonds. The molecule has 0 spiro atoms. The van der Waals surface area contributed by atoms with Crippen LogP contribution < -0.4 is 14.8 Å². The van der Waals surface area contributed by atoms with Gasteiger partial charge in [0.05, 0.1) is 5.56 Å². The third-order valence-electron chi connectivity index (χ3n) is 3.61. The van der Waals surface area contributed by atoms with E-state index in [0.29, 0.717) is 22.7 Å². The van der Waals surface area contributed by atoms with Crippen molar-refractivity contribution in [3.05, 3.63) is 48.3 Å². The maximum absolute atomic E-state index is 12.5. The van der Waals surface area contributed by atoms with Crippen LogP contribution in [0.25, 0.3) is 11.0 Å². The van der Waals surface area contributed by atoms with Crippen LogP contribution in [0.3, 0.4) is 0 Å². The molecule has 0 fully saturated rings. The number of anilines is 1. The van der Waals surface area contributed by atoms with Gasteiger partial charge < -0.3 is 19.4 Å². The molecule has 0 atom stereocenters. The monoisotopic (exact) mass is 295 g/mol. The molecule has 3 heterocycles. The lowest BCUT2D eigenvalue weighted by Crippen LogP contribution is -2.11. The fraction of sp³-hybridized carbons (Fsp3) is 0.125. The van der Waals surface area contributed by atoms with Crippen LogP contribution in [0.1, 0.15) is 10.4 Å². The lowest BCUT2D eigenvalue weighted by atomic mass is 10.2. The Labute approximate surface area is 126 Å². The Morgan fingerprint density at radius 3 is 3.05 bits per heavy atom. The highest BCUT2D eigenvalue weighted by molar-refractivity contribution is 6.12. The van der Waals surface area contributed by atoms with Crippen LogP contribution in [-0.2, 0) is 7.05 Å². The number of nitrogens with zero attached hydrogens (tertiary/aromatic N) is 2. The van der Waals surface area contributed by atoms with Crippen molar-refractivity contribution < 1.29 is 14.3 Å². The topological polar surface area (TPSA) is 65.4 Å². The molecule has 1 N–H and O–H groups in total. The van der Waals surface area contributed by atoms with E-state index in [1.165, 1.54) is 0 Å².